The van der Waals surface area contributed by atoms with Crippen molar-refractivity contribution in [3.8, 4) is 0 Å². The molecule has 0 N–H and O–H groups in total. The maximum Gasteiger partial charge on any atom is 0.0442 e. The predicted molar refractivity (Wildman–Crippen MR) is 108 cm³/mol. The van der Waals surface area contributed by atoms with Crippen LogP contribution < -0.4 is 0 Å². The van der Waals surface area contributed by atoms with Crippen molar-refractivity contribution in [1.82, 2.24) is 9.88 Å². The van der Waals surface area contributed by atoms with E-state index in [1.807, 2.05) is 39.1 Å². The van der Waals surface area contributed by atoms with E-state index >= 15 is 0 Å². The molecule has 0 amide bonds. The Bertz CT molecular complexity index is 557. The smallest absolute Gasteiger partial charge is 0.0442 e. The van der Waals surface area contributed by atoms with Gasteiger partial charge in [-0.15, -0.1) is 0 Å². The number of nitrogens with zero attached hydrogens (tertiary/aromatic N) is 2. The lowest BCUT2D eigenvalue weighted by atomic mass is 10.1. The van der Waals surface area contributed by atoms with Crippen LogP contribution in [-0.4, -0.2) is 29.5 Å². The van der Waals surface area contributed by atoms with E-state index in [0.29, 0.717) is 0 Å². The summed E-state index contributed by atoms with van der Waals surface area (Å²) in [6, 6.07) is 6.00. The van der Waals surface area contributed by atoms with Gasteiger partial charge in [-0.25, -0.2) is 0 Å². The number of rotatable bonds is 3. The molecule has 0 bridgehead atoms. The molecule has 1 aliphatic rings. The Kier molecular flexibility index (Phi) is 9.97. The van der Waals surface area contributed by atoms with Gasteiger partial charge in [0, 0.05) is 29.3 Å². The second kappa shape index (κ2) is 11.4. The number of unbranched alkanes of at least 4 members (excludes halogenated alkanes) is 1. The van der Waals surface area contributed by atoms with Gasteiger partial charge in [-0.1, -0.05) is 45.7 Å². The van der Waals surface area contributed by atoms with Crippen LogP contribution in [0.25, 0.3) is 10.8 Å². The number of pyridine rings is 1. The van der Waals surface area contributed by atoms with Crippen LogP contribution in [0.15, 0.2) is 30.6 Å². The number of fused-ring (bicyclic) bond motifs is 1. The average molecular weight is 349 g/mol. The molecule has 1 aromatic heterocycles. The van der Waals surface area contributed by atoms with Gasteiger partial charge in [-0.2, -0.15) is 0 Å². The molecule has 2 aromatic rings. The summed E-state index contributed by atoms with van der Waals surface area (Å²) in [4.78, 5) is 6.62. The fraction of sp³-hybridized carbons (Fsp3) is 0.571. The van der Waals surface area contributed by atoms with Crippen molar-refractivity contribution in [1.29, 1.82) is 0 Å². The van der Waals surface area contributed by atoms with Gasteiger partial charge in [0.05, 0.1) is 0 Å². The van der Waals surface area contributed by atoms with Crippen molar-refractivity contribution >= 4 is 22.4 Å². The molecule has 3 heteroatoms. The van der Waals surface area contributed by atoms with Gasteiger partial charge in [0.15, 0.2) is 0 Å². The lowest BCUT2D eigenvalue weighted by Crippen LogP contribution is -2.21. The van der Waals surface area contributed by atoms with Crippen LogP contribution in [-0.2, 0) is 0 Å². The normalized spacial score (nSPS) is 17.0. The number of aromatic nitrogens is 1. The van der Waals surface area contributed by atoms with Gasteiger partial charge in [-0.05, 0) is 67.9 Å². The topological polar surface area (TPSA) is 16.1 Å². The minimum Gasteiger partial charge on any atom is -0.303 e. The Morgan fingerprint density at radius 1 is 1.25 bits per heavy atom. The predicted octanol–water partition coefficient (Wildman–Crippen LogP) is 6.35. The number of likely N-dealkylation sites (tertiary alicyclic amines) is 1. The molecular formula is C21H33ClN2. The number of halogens is 1. The van der Waals surface area contributed by atoms with Crippen molar-refractivity contribution < 1.29 is 0 Å². The molecule has 2 heterocycles. The molecule has 0 radical (unpaired) electrons. The van der Waals surface area contributed by atoms with E-state index in [4.69, 9.17) is 11.6 Å². The first-order valence-electron chi connectivity index (χ1n) is 9.32. The van der Waals surface area contributed by atoms with Crippen LogP contribution in [0.4, 0.5) is 0 Å². The van der Waals surface area contributed by atoms with Crippen LogP contribution in [0.5, 0.6) is 0 Å². The second-order valence-corrected chi connectivity index (χ2v) is 6.78. The largest absolute Gasteiger partial charge is 0.303 e. The van der Waals surface area contributed by atoms with Crippen molar-refractivity contribution in [3.05, 3.63) is 41.2 Å². The Hall–Kier alpha value is -1.12. The highest BCUT2D eigenvalue weighted by Gasteiger charge is 2.16. The Balaban J connectivity index is 0.000000221. The van der Waals surface area contributed by atoms with Gasteiger partial charge in [0.2, 0.25) is 0 Å². The SMILES string of the molecule is CC.CCCCN1CCC(C)C1.Cc1cc2ccncc2cc1Cl. The number of hydrogen-bond donors (Lipinski definition) is 0. The molecule has 1 unspecified atom stereocenters. The zero-order valence-electron chi connectivity index (χ0n) is 16.0. The van der Waals surface area contributed by atoms with Crippen LogP contribution in [0, 0.1) is 12.8 Å². The first kappa shape index (κ1) is 20.9. The molecule has 0 spiro atoms. The summed E-state index contributed by atoms with van der Waals surface area (Å²) in [7, 11) is 0. The van der Waals surface area contributed by atoms with E-state index in [1.165, 1.54) is 44.3 Å². The summed E-state index contributed by atoms with van der Waals surface area (Å²) in [6.45, 7) is 14.6. The van der Waals surface area contributed by atoms with Crippen molar-refractivity contribution in [2.24, 2.45) is 5.92 Å². The number of benzene rings is 1. The van der Waals surface area contributed by atoms with Gasteiger partial charge >= 0.3 is 0 Å². The third-order valence-electron chi connectivity index (χ3n) is 4.25. The standard InChI is InChI=1S/C10H8ClN.C9H19N.C2H6/c1-7-4-8-2-3-12-6-9(8)5-10(7)11;1-3-4-6-10-7-5-9(2)8-10;1-2/h2-6H,1H3;9H,3-8H2,1-2H3;1-2H3. The summed E-state index contributed by atoms with van der Waals surface area (Å²) in [6.07, 6.45) is 7.75. The van der Waals surface area contributed by atoms with E-state index in [2.05, 4.69) is 29.8 Å². The molecule has 24 heavy (non-hydrogen) atoms. The fourth-order valence-corrected chi connectivity index (χ4v) is 3.01. The summed E-state index contributed by atoms with van der Waals surface area (Å²) < 4.78 is 0. The zero-order valence-corrected chi connectivity index (χ0v) is 16.7. The highest BCUT2D eigenvalue weighted by molar-refractivity contribution is 6.32. The first-order valence-corrected chi connectivity index (χ1v) is 9.70. The van der Waals surface area contributed by atoms with E-state index in [9.17, 15) is 0 Å². The molecule has 1 aliphatic heterocycles. The summed E-state index contributed by atoms with van der Waals surface area (Å²) in [5.41, 5.74) is 1.11. The third kappa shape index (κ3) is 6.78. The Morgan fingerprint density at radius 3 is 2.62 bits per heavy atom. The molecule has 2 nitrogen and oxygen atoms in total. The van der Waals surface area contributed by atoms with Crippen molar-refractivity contribution in [2.45, 2.75) is 53.9 Å². The minimum absolute atomic E-state index is 0.801. The third-order valence-corrected chi connectivity index (χ3v) is 4.66. The van der Waals surface area contributed by atoms with Crippen LogP contribution >= 0.6 is 11.6 Å². The highest BCUT2D eigenvalue weighted by atomic mass is 35.5. The fourth-order valence-electron chi connectivity index (χ4n) is 2.83. The van der Waals surface area contributed by atoms with Gasteiger partial charge < -0.3 is 4.90 Å². The highest BCUT2D eigenvalue weighted by Crippen LogP contribution is 2.22. The van der Waals surface area contributed by atoms with E-state index in [-0.39, 0.29) is 0 Å². The lowest BCUT2D eigenvalue weighted by Gasteiger charge is -2.13. The molecule has 3 rings (SSSR count). The van der Waals surface area contributed by atoms with Gasteiger partial charge in [0.1, 0.15) is 0 Å². The average Bonchev–Trinajstić information content (AvgIpc) is 3.02. The quantitative estimate of drug-likeness (QED) is 0.642. The molecule has 0 saturated carbocycles. The molecule has 1 saturated heterocycles. The van der Waals surface area contributed by atoms with E-state index < -0.39 is 0 Å². The molecular weight excluding hydrogens is 316 g/mol. The molecule has 1 atom stereocenters. The van der Waals surface area contributed by atoms with E-state index in [1.54, 1.807) is 6.20 Å². The summed E-state index contributed by atoms with van der Waals surface area (Å²) in [5, 5.41) is 3.08. The first-order chi connectivity index (χ1) is 11.6. The Morgan fingerprint density at radius 2 is 2.00 bits per heavy atom. The molecule has 1 aromatic carbocycles. The summed E-state index contributed by atoms with van der Waals surface area (Å²) >= 11 is 5.96. The molecule has 1 fully saturated rings. The van der Waals surface area contributed by atoms with Crippen molar-refractivity contribution in [2.75, 3.05) is 19.6 Å². The minimum atomic E-state index is 0.801. The van der Waals surface area contributed by atoms with Crippen LogP contribution in [0.1, 0.15) is 52.5 Å². The van der Waals surface area contributed by atoms with E-state index in [0.717, 1.165) is 21.9 Å². The maximum absolute atomic E-state index is 5.96. The maximum atomic E-state index is 5.96. The molecule has 134 valence electrons. The van der Waals surface area contributed by atoms with Gasteiger partial charge in [0.25, 0.3) is 0 Å². The lowest BCUT2D eigenvalue weighted by molar-refractivity contribution is 0.322. The van der Waals surface area contributed by atoms with Crippen LogP contribution in [0.3, 0.4) is 0 Å². The number of aryl methyl sites for hydroxylation is 1. The summed E-state index contributed by atoms with van der Waals surface area (Å²) in [5.74, 6) is 0.955. The van der Waals surface area contributed by atoms with Crippen molar-refractivity contribution in [3.63, 3.8) is 0 Å². The van der Waals surface area contributed by atoms with Gasteiger partial charge in [-0.3, -0.25) is 4.98 Å². The zero-order chi connectivity index (χ0) is 17.9. The second-order valence-electron chi connectivity index (χ2n) is 6.37. The molecule has 0 aliphatic carbocycles. The monoisotopic (exact) mass is 348 g/mol. The van der Waals surface area contributed by atoms with Crippen LogP contribution in [0.2, 0.25) is 5.02 Å². The number of hydrogen-bond acceptors (Lipinski definition) is 2. The Labute approximate surface area is 153 Å².